The third-order valence-electron chi connectivity index (χ3n) is 5.36. The number of rotatable bonds is 5. The van der Waals surface area contributed by atoms with Crippen LogP contribution in [0.25, 0.3) is 0 Å². The van der Waals surface area contributed by atoms with E-state index in [9.17, 15) is 18.0 Å². The van der Waals surface area contributed by atoms with E-state index in [0.717, 1.165) is 30.6 Å². The van der Waals surface area contributed by atoms with Crippen molar-refractivity contribution in [3.05, 3.63) is 18.2 Å². The molecule has 3 rings (SSSR count). The number of fused-ring (bicyclic) bond motifs is 1. The molecule has 2 N–H and O–H groups in total. The maximum Gasteiger partial charge on any atom is 0.237 e. The first-order valence-electron chi connectivity index (χ1n) is 9.91. The highest BCUT2D eigenvalue weighted by atomic mass is 32.2. The quantitative estimate of drug-likeness (QED) is 0.707. The summed E-state index contributed by atoms with van der Waals surface area (Å²) in [4.78, 5) is 25.4. The lowest BCUT2D eigenvalue weighted by molar-refractivity contribution is -0.124. The Balaban J connectivity index is 1.66. The number of nitrogens with one attached hydrogen (secondary N) is 2. The Morgan fingerprint density at radius 3 is 2.61 bits per heavy atom. The van der Waals surface area contributed by atoms with Crippen LogP contribution in [0.3, 0.4) is 0 Å². The molecule has 2 amide bonds. The summed E-state index contributed by atoms with van der Waals surface area (Å²) in [6.45, 7) is 3.46. The van der Waals surface area contributed by atoms with Gasteiger partial charge in [-0.15, -0.1) is 11.8 Å². The Bertz CT molecular complexity index is 846. The summed E-state index contributed by atoms with van der Waals surface area (Å²) in [6, 6.07) is 4.93. The lowest BCUT2D eigenvalue weighted by Crippen LogP contribution is -2.39. The first-order chi connectivity index (χ1) is 13.3. The van der Waals surface area contributed by atoms with E-state index in [1.807, 2.05) is 6.92 Å². The van der Waals surface area contributed by atoms with Gasteiger partial charge in [-0.2, -0.15) is 0 Å². The van der Waals surface area contributed by atoms with Gasteiger partial charge in [0.25, 0.3) is 0 Å². The predicted octanol–water partition coefficient (Wildman–Crippen LogP) is 3.37. The molecule has 8 heteroatoms. The van der Waals surface area contributed by atoms with Gasteiger partial charge < -0.3 is 10.6 Å². The van der Waals surface area contributed by atoms with Crippen LogP contribution in [-0.2, 0) is 19.4 Å². The molecule has 1 heterocycles. The second-order valence-electron chi connectivity index (χ2n) is 7.79. The van der Waals surface area contributed by atoms with Crippen LogP contribution >= 0.6 is 11.8 Å². The number of benzene rings is 1. The first kappa shape index (κ1) is 21.2. The number of hydrogen-bond acceptors (Lipinski definition) is 5. The fourth-order valence-corrected chi connectivity index (χ4v) is 6.15. The van der Waals surface area contributed by atoms with E-state index in [0.29, 0.717) is 5.69 Å². The second kappa shape index (κ2) is 8.86. The van der Waals surface area contributed by atoms with Gasteiger partial charge in [-0.1, -0.05) is 32.6 Å². The van der Waals surface area contributed by atoms with Gasteiger partial charge in [0.2, 0.25) is 11.8 Å². The Morgan fingerprint density at radius 1 is 1.25 bits per heavy atom. The first-order valence-corrected chi connectivity index (χ1v) is 12.4. The summed E-state index contributed by atoms with van der Waals surface area (Å²) >= 11 is 1.41. The molecular weight excluding hydrogens is 396 g/mol. The average molecular weight is 425 g/mol. The molecular formula is C20H28N2O4S2. The molecule has 28 heavy (non-hydrogen) atoms. The van der Waals surface area contributed by atoms with Gasteiger partial charge in [0.05, 0.1) is 21.6 Å². The number of thioether (sulfide) groups is 1. The molecule has 1 fully saturated rings. The van der Waals surface area contributed by atoms with Crippen molar-refractivity contribution in [1.29, 1.82) is 0 Å². The lowest BCUT2D eigenvalue weighted by atomic mass is 10.1. The average Bonchev–Trinajstić information content (AvgIpc) is 2.90. The van der Waals surface area contributed by atoms with Gasteiger partial charge in [0.1, 0.15) is 0 Å². The summed E-state index contributed by atoms with van der Waals surface area (Å²) in [5.41, 5.74) is 0.518. The van der Waals surface area contributed by atoms with Crippen molar-refractivity contribution in [2.75, 3.05) is 11.1 Å². The van der Waals surface area contributed by atoms with Gasteiger partial charge in [0.15, 0.2) is 9.84 Å². The zero-order valence-corrected chi connectivity index (χ0v) is 18.0. The second-order valence-corrected chi connectivity index (χ2v) is 11.2. The molecule has 2 aliphatic rings. The summed E-state index contributed by atoms with van der Waals surface area (Å²) in [5.74, 6) is -1.22. The monoisotopic (exact) mass is 424 g/mol. The molecule has 1 aliphatic carbocycles. The molecule has 0 saturated heterocycles. The minimum atomic E-state index is -3.64. The SMILES string of the molecule is CC(CS(=O)(=O)c1ccc2c(c1)NC(=O)C(C)S2)C(=O)NC1CCCCCC1. The number of hydrogen-bond donors (Lipinski definition) is 2. The van der Waals surface area contributed by atoms with Crippen molar-refractivity contribution in [2.24, 2.45) is 5.92 Å². The molecule has 0 radical (unpaired) electrons. The number of sulfone groups is 1. The van der Waals surface area contributed by atoms with E-state index in [4.69, 9.17) is 0 Å². The molecule has 0 bridgehead atoms. The molecule has 6 nitrogen and oxygen atoms in total. The molecule has 0 aromatic heterocycles. The van der Waals surface area contributed by atoms with E-state index in [2.05, 4.69) is 10.6 Å². The van der Waals surface area contributed by atoms with E-state index in [1.54, 1.807) is 19.1 Å². The van der Waals surface area contributed by atoms with Crippen LogP contribution in [0, 0.1) is 5.92 Å². The summed E-state index contributed by atoms with van der Waals surface area (Å²) in [6.07, 6.45) is 6.53. The normalized spacial score (nSPS) is 21.9. The largest absolute Gasteiger partial charge is 0.353 e. The molecule has 2 unspecified atom stereocenters. The highest BCUT2D eigenvalue weighted by Crippen LogP contribution is 2.37. The van der Waals surface area contributed by atoms with Crippen molar-refractivity contribution in [3.63, 3.8) is 0 Å². The molecule has 154 valence electrons. The maximum atomic E-state index is 12.8. The Labute approximate surface area is 171 Å². The third kappa shape index (κ3) is 5.08. The summed E-state index contributed by atoms with van der Waals surface area (Å²) < 4.78 is 25.7. The molecule has 1 aliphatic heterocycles. The van der Waals surface area contributed by atoms with E-state index >= 15 is 0 Å². The zero-order valence-electron chi connectivity index (χ0n) is 16.4. The van der Waals surface area contributed by atoms with Crippen LogP contribution in [0.15, 0.2) is 28.0 Å². The number of anilines is 1. The molecule has 0 spiro atoms. The van der Waals surface area contributed by atoms with Crippen molar-refractivity contribution in [2.45, 2.75) is 73.5 Å². The van der Waals surface area contributed by atoms with Crippen molar-refractivity contribution in [1.82, 2.24) is 5.32 Å². The summed E-state index contributed by atoms with van der Waals surface area (Å²) in [5, 5.41) is 5.58. The predicted molar refractivity (Wildman–Crippen MR) is 111 cm³/mol. The van der Waals surface area contributed by atoms with Gasteiger partial charge in [-0.05, 0) is 38.0 Å². The van der Waals surface area contributed by atoms with E-state index in [1.165, 1.54) is 30.7 Å². The number of carbonyl (C=O) groups is 2. The van der Waals surface area contributed by atoms with Crippen LogP contribution in [-0.4, -0.2) is 37.3 Å². The van der Waals surface area contributed by atoms with Crippen molar-refractivity contribution in [3.8, 4) is 0 Å². The van der Waals surface area contributed by atoms with E-state index < -0.39 is 15.8 Å². The topological polar surface area (TPSA) is 92.3 Å². The van der Waals surface area contributed by atoms with Crippen molar-refractivity contribution >= 4 is 39.1 Å². The molecule has 1 aromatic carbocycles. The standard InChI is InChI=1S/C20H28N2O4S2/c1-13(19(23)21-15-7-5-3-4-6-8-15)12-28(25,26)16-9-10-18-17(11-16)22-20(24)14(2)27-18/h9-11,13-15H,3-8,12H2,1-2H3,(H,21,23)(H,22,24). The number of amides is 2. The van der Waals surface area contributed by atoms with Crippen LogP contribution in [0.5, 0.6) is 0 Å². The highest BCUT2D eigenvalue weighted by Gasteiger charge is 2.28. The molecule has 2 atom stereocenters. The highest BCUT2D eigenvalue weighted by molar-refractivity contribution is 8.01. The smallest absolute Gasteiger partial charge is 0.237 e. The zero-order chi connectivity index (χ0) is 20.3. The van der Waals surface area contributed by atoms with Gasteiger partial charge >= 0.3 is 0 Å². The Hall–Kier alpha value is -1.54. The van der Waals surface area contributed by atoms with Crippen LogP contribution in [0.4, 0.5) is 5.69 Å². The van der Waals surface area contributed by atoms with Gasteiger partial charge in [-0.3, -0.25) is 9.59 Å². The maximum absolute atomic E-state index is 12.8. The molecule has 1 saturated carbocycles. The van der Waals surface area contributed by atoms with Crippen LogP contribution < -0.4 is 10.6 Å². The van der Waals surface area contributed by atoms with E-state index in [-0.39, 0.29) is 33.8 Å². The van der Waals surface area contributed by atoms with Gasteiger partial charge in [0, 0.05) is 16.9 Å². The van der Waals surface area contributed by atoms with Gasteiger partial charge in [-0.25, -0.2) is 8.42 Å². The van der Waals surface area contributed by atoms with Crippen molar-refractivity contribution < 1.29 is 18.0 Å². The third-order valence-corrected chi connectivity index (χ3v) is 8.45. The Morgan fingerprint density at radius 2 is 1.93 bits per heavy atom. The minimum absolute atomic E-state index is 0.135. The number of carbonyl (C=O) groups excluding carboxylic acids is 2. The lowest BCUT2D eigenvalue weighted by Gasteiger charge is -2.22. The molecule has 1 aromatic rings. The Kier molecular flexibility index (Phi) is 6.70. The minimum Gasteiger partial charge on any atom is -0.353 e. The summed E-state index contributed by atoms with van der Waals surface area (Å²) in [7, 11) is -3.64. The van der Waals surface area contributed by atoms with Crippen LogP contribution in [0.2, 0.25) is 0 Å². The fraction of sp³-hybridized carbons (Fsp3) is 0.600. The van der Waals surface area contributed by atoms with Crippen LogP contribution in [0.1, 0.15) is 52.4 Å². The fourth-order valence-electron chi connectivity index (χ4n) is 3.65.